The van der Waals surface area contributed by atoms with Gasteiger partial charge in [-0.05, 0) is 31.9 Å². The molecule has 0 aliphatic heterocycles. The average molecular weight is 403 g/mol. The Labute approximate surface area is 171 Å². The highest BCUT2D eigenvalue weighted by molar-refractivity contribution is 7.80. The fourth-order valence-corrected chi connectivity index (χ4v) is 2.65. The Bertz CT molecular complexity index is 723. The molecule has 0 saturated heterocycles. The van der Waals surface area contributed by atoms with E-state index in [1.807, 2.05) is 60.7 Å². The Hall–Kier alpha value is -2.51. The van der Waals surface area contributed by atoms with Gasteiger partial charge in [0.15, 0.2) is 6.10 Å². The van der Waals surface area contributed by atoms with Gasteiger partial charge in [0.2, 0.25) is 0 Å². The normalized spacial score (nSPS) is 12.3. The summed E-state index contributed by atoms with van der Waals surface area (Å²) >= 11 is 4.19. The van der Waals surface area contributed by atoms with Gasteiger partial charge in [-0.2, -0.15) is 12.6 Å². The van der Waals surface area contributed by atoms with Crippen LogP contribution in [0, 0.1) is 0 Å². The predicted molar refractivity (Wildman–Crippen MR) is 111 cm³/mol. The van der Waals surface area contributed by atoms with E-state index >= 15 is 0 Å². The Morgan fingerprint density at radius 3 is 1.89 bits per heavy atom. The molecule has 0 aliphatic rings. The van der Waals surface area contributed by atoms with Crippen LogP contribution in [0.2, 0.25) is 0 Å². The number of hydrazine groups is 1. The van der Waals surface area contributed by atoms with Crippen molar-refractivity contribution in [1.29, 1.82) is 0 Å². The maximum Gasteiger partial charge on any atom is 0.422 e. The fourth-order valence-electron chi connectivity index (χ4n) is 2.41. The summed E-state index contributed by atoms with van der Waals surface area (Å²) in [4.78, 5) is 24.5. The Kier molecular flexibility index (Phi) is 7.90. The van der Waals surface area contributed by atoms with Crippen LogP contribution >= 0.6 is 12.6 Å². The lowest BCUT2D eigenvalue weighted by Gasteiger charge is -2.24. The van der Waals surface area contributed by atoms with Gasteiger partial charge in [0, 0.05) is 5.75 Å². The second-order valence-corrected chi connectivity index (χ2v) is 7.51. The van der Waals surface area contributed by atoms with Gasteiger partial charge in [0.1, 0.15) is 11.6 Å². The van der Waals surface area contributed by atoms with Gasteiger partial charge < -0.3 is 9.47 Å². The largest absolute Gasteiger partial charge is 0.451 e. The van der Waals surface area contributed by atoms with Crippen molar-refractivity contribution in [1.82, 2.24) is 10.9 Å². The van der Waals surface area contributed by atoms with Crippen molar-refractivity contribution < 1.29 is 19.1 Å². The molecular weight excluding hydrogens is 376 g/mol. The molecule has 150 valence electrons. The SMILES string of the molecule is CC(C)(C)OC(=O)NN[C@@H](CS)C(=O)OC(c1ccccc1)c1ccccc1. The summed E-state index contributed by atoms with van der Waals surface area (Å²) < 4.78 is 10.9. The zero-order valence-corrected chi connectivity index (χ0v) is 17.1. The monoisotopic (exact) mass is 402 g/mol. The average Bonchev–Trinajstić information content (AvgIpc) is 2.66. The van der Waals surface area contributed by atoms with E-state index < -0.39 is 29.8 Å². The number of hydrogen-bond acceptors (Lipinski definition) is 6. The van der Waals surface area contributed by atoms with Crippen LogP contribution in [0.5, 0.6) is 0 Å². The molecule has 2 rings (SSSR count). The summed E-state index contributed by atoms with van der Waals surface area (Å²) in [5, 5.41) is 0. The first-order valence-electron chi connectivity index (χ1n) is 8.96. The number of benzene rings is 2. The number of ether oxygens (including phenoxy) is 2. The lowest BCUT2D eigenvalue weighted by Crippen LogP contribution is -2.51. The van der Waals surface area contributed by atoms with Crippen molar-refractivity contribution in [3.05, 3.63) is 71.8 Å². The Morgan fingerprint density at radius 1 is 0.964 bits per heavy atom. The van der Waals surface area contributed by atoms with E-state index in [1.54, 1.807) is 20.8 Å². The third-order valence-electron chi connectivity index (χ3n) is 3.65. The van der Waals surface area contributed by atoms with E-state index in [-0.39, 0.29) is 5.75 Å². The highest BCUT2D eigenvalue weighted by Crippen LogP contribution is 2.26. The summed E-state index contributed by atoms with van der Waals surface area (Å²) in [6, 6.07) is 18.1. The second kappa shape index (κ2) is 10.1. The quantitative estimate of drug-likeness (QED) is 0.374. The molecule has 0 unspecified atom stereocenters. The van der Waals surface area contributed by atoms with Gasteiger partial charge in [-0.15, -0.1) is 0 Å². The summed E-state index contributed by atoms with van der Waals surface area (Å²) in [6.45, 7) is 5.25. The highest BCUT2D eigenvalue weighted by atomic mass is 32.1. The molecule has 0 aliphatic carbocycles. The third-order valence-corrected chi connectivity index (χ3v) is 4.02. The van der Waals surface area contributed by atoms with Gasteiger partial charge in [-0.1, -0.05) is 60.7 Å². The molecule has 2 aromatic rings. The van der Waals surface area contributed by atoms with Crippen molar-refractivity contribution in [2.45, 2.75) is 38.5 Å². The molecule has 0 radical (unpaired) electrons. The first-order chi connectivity index (χ1) is 13.3. The zero-order valence-electron chi connectivity index (χ0n) is 16.2. The minimum atomic E-state index is -0.842. The molecule has 1 amide bonds. The van der Waals surface area contributed by atoms with Gasteiger partial charge >= 0.3 is 12.1 Å². The maximum atomic E-state index is 12.7. The molecule has 6 nitrogen and oxygen atoms in total. The number of rotatable bonds is 7. The smallest absolute Gasteiger partial charge is 0.422 e. The van der Waals surface area contributed by atoms with Crippen LogP contribution in [0.15, 0.2) is 60.7 Å². The molecule has 7 heteroatoms. The lowest BCUT2D eigenvalue weighted by atomic mass is 10.0. The van der Waals surface area contributed by atoms with Crippen LogP contribution in [-0.4, -0.2) is 29.5 Å². The number of thiol groups is 1. The molecule has 0 heterocycles. The standard InChI is InChI=1S/C21H26N2O4S/c1-21(2,3)27-20(25)23-22-17(14-28)19(24)26-18(15-10-6-4-7-11-15)16-12-8-5-9-13-16/h4-13,17-18,22,28H,14H2,1-3H3,(H,23,25)/t17-/m0/s1. The molecule has 2 N–H and O–H groups in total. The number of esters is 1. The molecule has 28 heavy (non-hydrogen) atoms. The van der Waals surface area contributed by atoms with E-state index in [0.717, 1.165) is 11.1 Å². The zero-order chi connectivity index (χ0) is 20.6. The molecule has 2 aromatic carbocycles. The number of amides is 1. The van der Waals surface area contributed by atoms with E-state index in [1.165, 1.54) is 0 Å². The lowest BCUT2D eigenvalue weighted by molar-refractivity contribution is -0.149. The van der Waals surface area contributed by atoms with Gasteiger partial charge in [0.25, 0.3) is 0 Å². The molecule has 0 aromatic heterocycles. The van der Waals surface area contributed by atoms with Crippen LogP contribution in [-0.2, 0) is 14.3 Å². The second-order valence-electron chi connectivity index (χ2n) is 7.14. The van der Waals surface area contributed by atoms with Crippen LogP contribution in [0.1, 0.15) is 38.0 Å². The van der Waals surface area contributed by atoms with Gasteiger partial charge in [-0.3, -0.25) is 10.2 Å². The molecule has 0 spiro atoms. The van der Waals surface area contributed by atoms with Crippen LogP contribution in [0.25, 0.3) is 0 Å². The molecule has 0 saturated carbocycles. The van der Waals surface area contributed by atoms with E-state index in [4.69, 9.17) is 9.47 Å². The van der Waals surface area contributed by atoms with E-state index in [2.05, 4.69) is 23.5 Å². The number of carbonyl (C=O) groups excluding carboxylic acids is 2. The first kappa shape index (κ1) is 21.8. The summed E-state index contributed by atoms with van der Waals surface area (Å²) in [5.74, 6) is -0.408. The van der Waals surface area contributed by atoms with E-state index in [9.17, 15) is 9.59 Å². The van der Waals surface area contributed by atoms with Crippen molar-refractivity contribution in [2.75, 3.05) is 5.75 Å². The summed E-state index contributed by atoms with van der Waals surface area (Å²) in [5.41, 5.74) is 6.04. The van der Waals surface area contributed by atoms with Crippen molar-refractivity contribution in [3.8, 4) is 0 Å². The highest BCUT2D eigenvalue weighted by Gasteiger charge is 2.26. The van der Waals surface area contributed by atoms with Crippen LogP contribution in [0.4, 0.5) is 4.79 Å². The van der Waals surface area contributed by atoms with E-state index in [0.29, 0.717) is 0 Å². The van der Waals surface area contributed by atoms with Crippen molar-refractivity contribution >= 4 is 24.7 Å². The molecule has 1 atom stereocenters. The Balaban J connectivity index is 2.08. The summed E-state index contributed by atoms with van der Waals surface area (Å²) in [6.07, 6.45) is -1.25. The topological polar surface area (TPSA) is 76.7 Å². The van der Waals surface area contributed by atoms with Gasteiger partial charge in [-0.25, -0.2) is 10.2 Å². The minimum Gasteiger partial charge on any atom is -0.451 e. The Morgan fingerprint density at radius 2 is 1.46 bits per heavy atom. The van der Waals surface area contributed by atoms with Crippen molar-refractivity contribution in [3.63, 3.8) is 0 Å². The van der Waals surface area contributed by atoms with Gasteiger partial charge in [0.05, 0.1) is 0 Å². The molecule has 0 bridgehead atoms. The number of hydrogen-bond donors (Lipinski definition) is 3. The third kappa shape index (κ3) is 6.90. The minimum absolute atomic E-state index is 0.130. The number of carbonyl (C=O) groups is 2. The fraction of sp³-hybridized carbons (Fsp3) is 0.333. The van der Waals surface area contributed by atoms with Crippen LogP contribution in [0.3, 0.4) is 0 Å². The first-order valence-corrected chi connectivity index (χ1v) is 9.59. The molecular formula is C21H26N2O4S. The predicted octanol–water partition coefficient (Wildman–Crippen LogP) is 3.65. The van der Waals surface area contributed by atoms with Crippen molar-refractivity contribution in [2.24, 2.45) is 0 Å². The number of nitrogens with one attached hydrogen (secondary N) is 2. The summed E-state index contributed by atoms with van der Waals surface area (Å²) in [7, 11) is 0. The van der Waals surface area contributed by atoms with Crippen LogP contribution < -0.4 is 10.9 Å². The maximum absolute atomic E-state index is 12.7. The molecule has 0 fully saturated rings.